The Balaban J connectivity index is 3.02. The zero-order chi connectivity index (χ0) is 12.1. The van der Waals surface area contributed by atoms with Crippen molar-refractivity contribution in [2.24, 2.45) is 0 Å². The summed E-state index contributed by atoms with van der Waals surface area (Å²) < 4.78 is 0. The van der Waals surface area contributed by atoms with Crippen LogP contribution in [-0.4, -0.2) is 37.4 Å². The van der Waals surface area contributed by atoms with Crippen molar-refractivity contribution >= 4 is 0 Å². The van der Waals surface area contributed by atoms with Crippen molar-refractivity contribution in [1.82, 2.24) is 10.6 Å². The Morgan fingerprint density at radius 2 is 1.69 bits per heavy atom. The molecule has 0 spiro atoms. The SMILES string of the molecule is CCCCCCCCNCC(C)NCCO. The van der Waals surface area contributed by atoms with Crippen LogP contribution in [0, 0.1) is 0 Å². The van der Waals surface area contributed by atoms with E-state index in [-0.39, 0.29) is 6.61 Å². The minimum atomic E-state index is 0.224. The molecule has 0 saturated heterocycles. The first-order valence-electron chi connectivity index (χ1n) is 6.86. The van der Waals surface area contributed by atoms with Crippen molar-refractivity contribution in [2.45, 2.75) is 58.4 Å². The van der Waals surface area contributed by atoms with Crippen LogP contribution >= 0.6 is 0 Å². The van der Waals surface area contributed by atoms with Crippen molar-refractivity contribution in [2.75, 3.05) is 26.2 Å². The largest absolute Gasteiger partial charge is 0.395 e. The lowest BCUT2D eigenvalue weighted by molar-refractivity contribution is 0.285. The molecule has 0 aliphatic heterocycles. The van der Waals surface area contributed by atoms with E-state index in [1.807, 2.05) is 0 Å². The van der Waals surface area contributed by atoms with Gasteiger partial charge < -0.3 is 15.7 Å². The Labute approximate surface area is 101 Å². The highest BCUT2D eigenvalue weighted by Gasteiger charge is 1.98. The molecule has 1 unspecified atom stereocenters. The van der Waals surface area contributed by atoms with Gasteiger partial charge in [0, 0.05) is 19.1 Å². The monoisotopic (exact) mass is 230 g/mol. The fourth-order valence-corrected chi connectivity index (χ4v) is 1.73. The highest BCUT2D eigenvalue weighted by Crippen LogP contribution is 2.03. The second-order valence-corrected chi connectivity index (χ2v) is 4.55. The maximum atomic E-state index is 8.64. The van der Waals surface area contributed by atoms with Gasteiger partial charge in [-0.15, -0.1) is 0 Å². The summed E-state index contributed by atoms with van der Waals surface area (Å²) in [6.45, 7) is 7.43. The zero-order valence-corrected chi connectivity index (χ0v) is 11.1. The van der Waals surface area contributed by atoms with E-state index >= 15 is 0 Å². The summed E-state index contributed by atoms with van der Waals surface area (Å²) in [6.07, 6.45) is 8.13. The van der Waals surface area contributed by atoms with Crippen LogP contribution in [0.5, 0.6) is 0 Å². The van der Waals surface area contributed by atoms with Crippen molar-refractivity contribution in [3.63, 3.8) is 0 Å². The third kappa shape index (κ3) is 12.0. The average Bonchev–Trinajstić information content (AvgIpc) is 2.30. The van der Waals surface area contributed by atoms with Crippen molar-refractivity contribution in [1.29, 1.82) is 0 Å². The van der Waals surface area contributed by atoms with Crippen LogP contribution in [0.4, 0.5) is 0 Å². The van der Waals surface area contributed by atoms with Gasteiger partial charge in [0.05, 0.1) is 6.61 Å². The van der Waals surface area contributed by atoms with Gasteiger partial charge in [-0.2, -0.15) is 0 Å². The first kappa shape index (κ1) is 15.9. The summed E-state index contributed by atoms with van der Waals surface area (Å²) in [5, 5.41) is 15.3. The van der Waals surface area contributed by atoms with Gasteiger partial charge in [0.2, 0.25) is 0 Å². The lowest BCUT2D eigenvalue weighted by Crippen LogP contribution is -2.38. The van der Waals surface area contributed by atoms with E-state index < -0.39 is 0 Å². The second-order valence-electron chi connectivity index (χ2n) is 4.55. The average molecular weight is 230 g/mol. The third-order valence-corrected chi connectivity index (χ3v) is 2.76. The molecule has 0 aliphatic carbocycles. The van der Waals surface area contributed by atoms with Gasteiger partial charge in [-0.05, 0) is 19.9 Å². The Morgan fingerprint density at radius 3 is 2.38 bits per heavy atom. The summed E-state index contributed by atoms with van der Waals surface area (Å²) in [6, 6.07) is 0.451. The highest BCUT2D eigenvalue weighted by atomic mass is 16.3. The topological polar surface area (TPSA) is 44.3 Å². The predicted molar refractivity (Wildman–Crippen MR) is 70.8 cm³/mol. The Kier molecular flexibility index (Phi) is 12.9. The molecule has 0 saturated carbocycles. The van der Waals surface area contributed by atoms with Gasteiger partial charge in [0.25, 0.3) is 0 Å². The number of aliphatic hydroxyl groups is 1. The molecule has 0 aromatic rings. The number of unbranched alkanes of at least 4 members (excludes halogenated alkanes) is 5. The van der Waals surface area contributed by atoms with Crippen LogP contribution < -0.4 is 10.6 Å². The fourth-order valence-electron chi connectivity index (χ4n) is 1.73. The number of aliphatic hydroxyl groups excluding tert-OH is 1. The normalized spacial score (nSPS) is 12.9. The fraction of sp³-hybridized carbons (Fsp3) is 1.00. The Morgan fingerprint density at radius 1 is 1.00 bits per heavy atom. The molecule has 0 rings (SSSR count). The molecular weight excluding hydrogens is 200 g/mol. The van der Waals surface area contributed by atoms with Gasteiger partial charge >= 0.3 is 0 Å². The highest BCUT2D eigenvalue weighted by molar-refractivity contribution is 4.63. The number of rotatable bonds is 12. The summed E-state index contributed by atoms with van der Waals surface area (Å²) >= 11 is 0. The van der Waals surface area contributed by atoms with Crippen LogP contribution in [0.2, 0.25) is 0 Å². The lowest BCUT2D eigenvalue weighted by atomic mass is 10.1. The second kappa shape index (κ2) is 12.9. The van der Waals surface area contributed by atoms with Gasteiger partial charge in [0.15, 0.2) is 0 Å². The molecule has 0 aromatic heterocycles. The summed E-state index contributed by atoms with van der Waals surface area (Å²) in [4.78, 5) is 0. The first-order valence-corrected chi connectivity index (χ1v) is 6.86. The molecule has 16 heavy (non-hydrogen) atoms. The minimum absolute atomic E-state index is 0.224. The maximum absolute atomic E-state index is 8.64. The lowest BCUT2D eigenvalue weighted by Gasteiger charge is -2.13. The van der Waals surface area contributed by atoms with Gasteiger partial charge in [0.1, 0.15) is 0 Å². The van der Waals surface area contributed by atoms with E-state index in [0.717, 1.165) is 13.1 Å². The molecule has 0 bridgehead atoms. The zero-order valence-electron chi connectivity index (χ0n) is 11.1. The van der Waals surface area contributed by atoms with E-state index in [4.69, 9.17) is 5.11 Å². The third-order valence-electron chi connectivity index (χ3n) is 2.76. The van der Waals surface area contributed by atoms with Crippen LogP contribution in [0.3, 0.4) is 0 Å². The number of nitrogens with one attached hydrogen (secondary N) is 2. The van der Waals surface area contributed by atoms with E-state index in [2.05, 4.69) is 24.5 Å². The van der Waals surface area contributed by atoms with E-state index in [1.165, 1.54) is 38.5 Å². The molecule has 1 atom stereocenters. The quantitative estimate of drug-likeness (QED) is 0.449. The first-order chi connectivity index (χ1) is 7.81. The van der Waals surface area contributed by atoms with Crippen LogP contribution in [-0.2, 0) is 0 Å². The smallest absolute Gasteiger partial charge is 0.0556 e. The van der Waals surface area contributed by atoms with Crippen LogP contribution in [0.25, 0.3) is 0 Å². The van der Waals surface area contributed by atoms with Crippen LogP contribution in [0.1, 0.15) is 52.4 Å². The molecule has 0 heterocycles. The number of hydrogen-bond acceptors (Lipinski definition) is 3. The molecule has 3 heteroatoms. The van der Waals surface area contributed by atoms with E-state index in [9.17, 15) is 0 Å². The maximum Gasteiger partial charge on any atom is 0.0556 e. The molecule has 3 N–H and O–H groups in total. The Hall–Kier alpha value is -0.120. The predicted octanol–water partition coefficient (Wildman–Crippen LogP) is 1.91. The van der Waals surface area contributed by atoms with Crippen molar-refractivity contribution in [3.8, 4) is 0 Å². The molecular formula is C13H30N2O. The standard InChI is InChI=1S/C13H30N2O/c1-3-4-5-6-7-8-9-14-12-13(2)15-10-11-16/h13-16H,3-12H2,1-2H3. The number of hydrogen-bond donors (Lipinski definition) is 3. The molecule has 98 valence electrons. The minimum Gasteiger partial charge on any atom is -0.395 e. The molecule has 0 fully saturated rings. The molecule has 0 aliphatic rings. The molecule has 0 radical (unpaired) electrons. The summed E-state index contributed by atoms with van der Waals surface area (Å²) in [7, 11) is 0. The van der Waals surface area contributed by atoms with Crippen LogP contribution in [0.15, 0.2) is 0 Å². The van der Waals surface area contributed by atoms with Gasteiger partial charge in [-0.25, -0.2) is 0 Å². The van der Waals surface area contributed by atoms with Gasteiger partial charge in [-0.1, -0.05) is 39.0 Å². The summed E-state index contributed by atoms with van der Waals surface area (Å²) in [5.41, 5.74) is 0. The molecule has 0 aromatic carbocycles. The van der Waals surface area contributed by atoms with Gasteiger partial charge in [-0.3, -0.25) is 0 Å². The van der Waals surface area contributed by atoms with Crippen molar-refractivity contribution in [3.05, 3.63) is 0 Å². The molecule has 3 nitrogen and oxygen atoms in total. The van der Waals surface area contributed by atoms with E-state index in [0.29, 0.717) is 12.6 Å². The summed E-state index contributed by atoms with van der Waals surface area (Å²) in [5.74, 6) is 0. The molecule has 0 amide bonds. The Bertz CT molecular complexity index is 131. The van der Waals surface area contributed by atoms with E-state index in [1.54, 1.807) is 0 Å². The van der Waals surface area contributed by atoms with Crippen molar-refractivity contribution < 1.29 is 5.11 Å².